The minimum atomic E-state index is -0.210. The normalized spacial score (nSPS) is 23.2. The molecule has 7 heteroatoms. The lowest BCUT2D eigenvalue weighted by molar-refractivity contribution is -0.903. The zero-order chi connectivity index (χ0) is 21.5. The van der Waals surface area contributed by atoms with E-state index in [1.807, 2.05) is 6.92 Å². The largest absolute Gasteiger partial charge is 0.329 e. The van der Waals surface area contributed by atoms with Crippen molar-refractivity contribution in [2.75, 3.05) is 43.4 Å². The van der Waals surface area contributed by atoms with E-state index in [4.69, 9.17) is 0 Å². The molecule has 0 spiro atoms. The summed E-state index contributed by atoms with van der Waals surface area (Å²) in [5.74, 6) is 1.34. The van der Waals surface area contributed by atoms with Crippen LogP contribution in [0, 0.1) is 11.8 Å². The van der Waals surface area contributed by atoms with E-state index in [1.54, 1.807) is 29.2 Å². The number of quaternary nitrogens is 1. The molecule has 0 bridgehead atoms. The number of hydrogen-bond acceptors (Lipinski definition) is 3. The van der Waals surface area contributed by atoms with Gasteiger partial charge in [-0.25, -0.2) is 0 Å². The van der Waals surface area contributed by atoms with E-state index < -0.39 is 0 Å². The summed E-state index contributed by atoms with van der Waals surface area (Å²) < 4.78 is 0. The fourth-order valence-electron chi connectivity index (χ4n) is 4.87. The first-order valence-corrected chi connectivity index (χ1v) is 11.2. The van der Waals surface area contributed by atoms with Crippen molar-refractivity contribution >= 4 is 29.1 Å². The monoisotopic (exact) mass is 415 g/mol. The summed E-state index contributed by atoms with van der Waals surface area (Å²) in [4.78, 5) is 39.4. The number of carbonyl (C=O) groups excluding carboxylic acids is 3. The molecule has 0 aromatic heterocycles. The second kappa shape index (κ2) is 10.6. The lowest BCUT2D eigenvalue weighted by Crippen LogP contribution is -3.15. The van der Waals surface area contributed by atoms with Crippen molar-refractivity contribution in [2.45, 2.75) is 46.0 Å². The summed E-state index contributed by atoms with van der Waals surface area (Å²) in [6, 6.07) is 6.94. The maximum Gasteiger partial charge on any atom is 0.278 e. The van der Waals surface area contributed by atoms with Crippen molar-refractivity contribution in [2.24, 2.45) is 11.8 Å². The van der Waals surface area contributed by atoms with Crippen LogP contribution in [0.15, 0.2) is 24.3 Å². The van der Waals surface area contributed by atoms with Crippen molar-refractivity contribution in [1.29, 1.82) is 0 Å². The van der Waals surface area contributed by atoms with Gasteiger partial charge in [0, 0.05) is 30.8 Å². The first kappa shape index (κ1) is 22.3. The average molecular weight is 416 g/mol. The maximum atomic E-state index is 12.8. The van der Waals surface area contributed by atoms with Gasteiger partial charge in [-0.1, -0.05) is 12.8 Å². The van der Waals surface area contributed by atoms with Gasteiger partial charge in [0.25, 0.3) is 5.91 Å². The Bertz CT molecular complexity index is 749. The van der Waals surface area contributed by atoms with E-state index in [-0.39, 0.29) is 24.3 Å². The standard InChI is InChI=1S/C23H34N4O3/c1-3-27(15-22(29)25-21-10-8-20(9-11-21)24-17(2)28)23(30)16-26-13-12-18-6-4-5-7-19(18)14-26/h8-11,18-19H,3-7,12-16H2,1-2H3,(H,24,28)(H,25,29)/p+1/t18-,19+/m0/s1. The predicted molar refractivity (Wildman–Crippen MR) is 117 cm³/mol. The van der Waals surface area contributed by atoms with E-state index >= 15 is 0 Å². The van der Waals surface area contributed by atoms with E-state index in [2.05, 4.69) is 10.6 Å². The number of amides is 3. The first-order chi connectivity index (χ1) is 14.4. The summed E-state index contributed by atoms with van der Waals surface area (Å²) in [6.07, 6.45) is 6.59. The van der Waals surface area contributed by atoms with Gasteiger partial charge in [0.1, 0.15) is 6.54 Å². The molecule has 3 rings (SSSR count). The van der Waals surface area contributed by atoms with Crippen molar-refractivity contribution in [3.8, 4) is 0 Å². The third-order valence-electron chi connectivity index (χ3n) is 6.45. The van der Waals surface area contributed by atoms with Crippen LogP contribution in [0.2, 0.25) is 0 Å². The van der Waals surface area contributed by atoms with Crippen molar-refractivity contribution < 1.29 is 19.3 Å². The van der Waals surface area contributed by atoms with Crippen LogP contribution in [-0.2, 0) is 14.4 Å². The zero-order valence-electron chi connectivity index (χ0n) is 18.2. The van der Waals surface area contributed by atoms with Gasteiger partial charge in [-0.05, 0) is 56.4 Å². The molecule has 1 saturated heterocycles. The van der Waals surface area contributed by atoms with Crippen molar-refractivity contribution in [3.63, 3.8) is 0 Å². The van der Waals surface area contributed by atoms with Crippen LogP contribution < -0.4 is 15.5 Å². The Labute approximate surface area is 179 Å². The number of fused-ring (bicyclic) bond motifs is 1. The minimum Gasteiger partial charge on any atom is -0.329 e. The number of hydrogen-bond donors (Lipinski definition) is 3. The molecule has 1 aliphatic heterocycles. The molecule has 1 aliphatic carbocycles. The molecule has 3 amide bonds. The molecule has 2 aliphatic rings. The lowest BCUT2D eigenvalue weighted by Gasteiger charge is -2.39. The summed E-state index contributed by atoms with van der Waals surface area (Å²) in [5.41, 5.74) is 1.32. The number of piperidine rings is 1. The predicted octanol–water partition coefficient (Wildman–Crippen LogP) is 1.53. The van der Waals surface area contributed by atoms with Gasteiger partial charge in [0.05, 0.1) is 13.1 Å². The summed E-state index contributed by atoms with van der Waals surface area (Å²) in [5, 5.41) is 5.52. The van der Waals surface area contributed by atoms with Gasteiger partial charge in [0.15, 0.2) is 6.54 Å². The number of benzene rings is 1. The number of likely N-dealkylation sites (tertiary alicyclic amines) is 1. The Morgan fingerprint density at radius 3 is 2.27 bits per heavy atom. The number of rotatable bonds is 7. The fourth-order valence-corrected chi connectivity index (χ4v) is 4.87. The number of nitrogens with one attached hydrogen (secondary N) is 3. The molecule has 3 atom stereocenters. The van der Waals surface area contributed by atoms with E-state index in [9.17, 15) is 14.4 Å². The van der Waals surface area contributed by atoms with Crippen molar-refractivity contribution in [3.05, 3.63) is 24.3 Å². The highest BCUT2D eigenvalue weighted by Gasteiger charge is 2.34. The summed E-state index contributed by atoms with van der Waals surface area (Å²) >= 11 is 0. The Hall–Kier alpha value is -2.41. The van der Waals surface area contributed by atoms with Crippen LogP contribution in [0.4, 0.5) is 11.4 Å². The molecular weight excluding hydrogens is 380 g/mol. The number of likely N-dealkylation sites (N-methyl/N-ethyl adjacent to an activating group) is 1. The van der Waals surface area contributed by atoms with Crippen LogP contribution >= 0.6 is 0 Å². The van der Waals surface area contributed by atoms with Gasteiger partial charge in [-0.2, -0.15) is 0 Å². The molecule has 1 heterocycles. The summed E-state index contributed by atoms with van der Waals surface area (Å²) in [6.45, 7) is 6.59. The van der Waals surface area contributed by atoms with Crippen LogP contribution in [0.5, 0.6) is 0 Å². The number of carbonyl (C=O) groups is 3. The third kappa shape index (κ3) is 6.29. The smallest absolute Gasteiger partial charge is 0.278 e. The topological polar surface area (TPSA) is 83.0 Å². The van der Waals surface area contributed by atoms with Crippen LogP contribution in [-0.4, -0.2) is 55.3 Å². The molecule has 0 radical (unpaired) electrons. The fraction of sp³-hybridized carbons (Fsp3) is 0.609. The van der Waals surface area contributed by atoms with E-state index in [0.717, 1.165) is 24.9 Å². The highest BCUT2D eigenvalue weighted by atomic mass is 16.2. The molecule has 1 unspecified atom stereocenters. The minimum absolute atomic E-state index is 0.0536. The van der Waals surface area contributed by atoms with E-state index in [1.165, 1.54) is 43.9 Å². The van der Waals surface area contributed by atoms with Gasteiger partial charge >= 0.3 is 0 Å². The van der Waals surface area contributed by atoms with E-state index in [0.29, 0.717) is 24.5 Å². The average Bonchev–Trinajstić information content (AvgIpc) is 2.73. The molecule has 7 nitrogen and oxygen atoms in total. The molecule has 1 aromatic rings. The first-order valence-electron chi connectivity index (χ1n) is 11.2. The second-order valence-electron chi connectivity index (χ2n) is 8.69. The molecular formula is C23H35N4O3+. The van der Waals surface area contributed by atoms with Crippen LogP contribution in [0.3, 0.4) is 0 Å². The number of nitrogens with zero attached hydrogens (tertiary/aromatic N) is 1. The third-order valence-corrected chi connectivity index (χ3v) is 6.45. The van der Waals surface area contributed by atoms with Gasteiger partial charge < -0.3 is 20.4 Å². The Kier molecular flexibility index (Phi) is 7.85. The Morgan fingerprint density at radius 2 is 1.63 bits per heavy atom. The van der Waals surface area contributed by atoms with Gasteiger partial charge in [-0.15, -0.1) is 0 Å². The Balaban J connectivity index is 1.47. The zero-order valence-corrected chi connectivity index (χ0v) is 18.2. The highest BCUT2D eigenvalue weighted by Crippen LogP contribution is 2.32. The molecule has 164 valence electrons. The van der Waals surface area contributed by atoms with Crippen LogP contribution in [0.1, 0.15) is 46.0 Å². The van der Waals surface area contributed by atoms with Gasteiger partial charge in [0.2, 0.25) is 11.8 Å². The summed E-state index contributed by atoms with van der Waals surface area (Å²) in [7, 11) is 0. The number of anilines is 2. The maximum absolute atomic E-state index is 12.8. The molecule has 1 saturated carbocycles. The SMILES string of the molecule is CCN(CC(=O)Nc1ccc(NC(C)=O)cc1)C(=O)C[NH+]1CC[C@@H]2CCCC[C@@H]2C1. The van der Waals surface area contributed by atoms with Crippen molar-refractivity contribution in [1.82, 2.24) is 4.90 Å². The molecule has 1 aromatic carbocycles. The highest BCUT2D eigenvalue weighted by molar-refractivity contribution is 5.95. The lowest BCUT2D eigenvalue weighted by atomic mass is 9.75. The van der Waals surface area contributed by atoms with Gasteiger partial charge in [-0.3, -0.25) is 14.4 Å². The quantitative estimate of drug-likeness (QED) is 0.632. The molecule has 30 heavy (non-hydrogen) atoms. The second-order valence-corrected chi connectivity index (χ2v) is 8.69. The van der Waals surface area contributed by atoms with Crippen LogP contribution in [0.25, 0.3) is 0 Å². The Morgan fingerprint density at radius 1 is 1.00 bits per heavy atom. The molecule has 2 fully saturated rings. The molecule has 3 N–H and O–H groups in total.